The van der Waals surface area contributed by atoms with Crippen molar-refractivity contribution < 1.29 is 14.3 Å². The highest BCUT2D eigenvalue weighted by Crippen LogP contribution is 2.22. The zero-order valence-electron chi connectivity index (χ0n) is 12.8. The number of hydrogen-bond donors (Lipinski definition) is 1. The van der Waals surface area contributed by atoms with Crippen molar-refractivity contribution >= 4 is 5.91 Å². The summed E-state index contributed by atoms with van der Waals surface area (Å²) in [4.78, 5) is 15.9. The standard InChI is InChI=1S/C16H24N2O3/c1-3-20-11-15(19)18-13-5-7-14(8-6-13)21-16-9-4-12(2)10-17-16/h4,9-10,13-14H,3,5-8,11H2,1-2H3,(H,18,19). The number of aromatic nitrogens is 1. The first-order valence-corrected chi connectivity index (χ1v) is 7.63. The van der Waals surface area contributed by atoms with Crippen molar-refractivity contribution in [2.24, 2.45) is 0 Å². The minimum absolute atomic E-state index is 0.0265. The molecule has 1 aromatic rings. The van der Waals surface area contributed by atoms with Crippen LogP contribution in [0.5, 0.6) is 5.88 Å². The van der Waals surface area contributed by atoms with Gasteiger partial charge < -0.3 is 14.8 Å². The Morgan fingerprint density at radius 1 is 1.33 bits per heavy atom. The SMILES string of the molecule is CCOCC(=O)NC1CCC(Oc2ccc(C)cn2)CC1. The van der Waals surface area contributed by atoms with Crippen LogP contribution in [0.3, 0.4) is 0 Å². The lowest BCUT2D eigenvalue weighted by Gasteiger charge is -2.29. The molecule has 0 saturated heterocycles. The molecule has 0 radical (unpaired) electrons. The van der Waals surface area contributed by atoms with Gasteiger partial charge in [-0.15, -0.1) is 0 Å². The van der Waals surface area contributed by atoms with Crippen LogP contribution in [0, 0.1) is 6.92 Å². The van der Waals surface area contributed by atoms with Crippen LogP contribution in [0.15, 0.2) is 18.3 Å². The summed E-state index contributed by atoms with van der Waals surface area (Å²) in [6, 6.07) is 4.15. The van der Waals surface area contributed by atoms with Crippen molar-refractivity contribution in [1.82, 2.24) is 10.3 Å². The normalized spacial score (nSPS) is 21.8. The molecule has 0 aliphatic heterocycles. The van der Waals surface area contributed by atoms with Gasteiger partial charge in [-0.2, -0.15) is 0 Å². The van der Waals surface area contributed by atoms with E-state index in [-0.39, 0.29) is 24.7 Å². The first-order valence-electron chi connectivity index (χ1n) is 7.63. The first kappa shape index (κ1) is 15.8. The second-order valence-electron chi connectivity index (χ2n) is 5.47. The summed E-state index contributed by atoms with van der Waals surface area (Å²) < 4.78 is 11.0. The van der Waals surface area contributed by atoms with E-state index in [9.17, 15) is 4.79 Å². The molecule has 1 N–H and O–H groups in total. The Hall–Kier alpha value is -1.62. The molecule has 1 heterocycles. The van der Waals surface area contributed by atoms with Gasteiger partial charge in [0.05, 0.1) is 0 Å². The Morgan fingerprint density at radius 3 is 2.71 bits per heavy atom. The molecule has 2 rings (SSSR count). The number of pyridine rings is 1. The van der Waals surface area contributed by atoms with Crippen LogP contribution in [0.2, 0.25) is 0 Å². The number of nitrogens with zero attached hydrogens (tertiary/aromatic N) is 1. The highest BCUT2D eigenvalue weighted by molar-refractivity contribution is 5.77. The molecule has 0 aromatic carbocycles. The highest BCUT2D eigenvalue weighted by atomic mass is 16.5. The lowest BCUT2D eigenvalue weighted by Crippen LogP contribution is -2.41. The topological polar surface area (TPSA) is 60.5 Å². The molecule has 0 bridgehead atoms. The fourth-order valence-corrected chi connectivity index (χ4v) is 2.48. The van der Waals surface area contributed by atoms with Crippen LogP contribution >= 0.6 is 0 Å². The Kier molecular flexibility index (Phi) is 5.99. The third-order valence-electron chi connectivity index (χ3n) is 3.65. The predicted octanol–water partition coefficient (Wildman–Crippen LogP) is 2.23. The average molecular weight is 292 g/mol. The third-order valence-corrected chi connectivity index (χ3v) is 3.65. The maximum atomic E-state index is 11.6. The van der Waals surface area contributed by atoms with Crippen LogP contribution in [0.1, 0.15) is 38.2 Å². The Morgan fingerprint density at radius 2 is 2.10 bits per heavy atom. The van der Waals surface area contributed by atoms with Gasteiger partial charge in [0.25, 0.3) is 0 Å². The largest absolute Gasteiger partial charge is 0.474 e. The van der Waals surface area contributed by atoms with Crippen LogP contribution < -0.4 is 10.1 Å². The number of nitrogens with one attached hydrogen (secondary N) is 1. The molecule has 0 unspecified atom stereocenters. The van der Waals surface area contributed by atoms with Crippen molar-refractivity contribution in [1.29, 1.82) is 0 Å². The van der Waals surface area contributed by atoms with E-state index in [4.69, 9.17) is 9.47 Å². The molecule has 5 nitrogen and oxygen atoms in total. The van der Waals surface area contributed by atoms with Crippen molar-refractivity contribution in [3.05, 3.63) is 23.9 Å². The molecule has 0 atom stereocenters. The van der Waals surface area contributed by atoms with E-state index in [0.717, 1.165) is 31.2 Å². The number of carbonyl (C=O) groups is 1. The molecular formula is C16H24N2O3. The summed E-state index contributed by atoms with van der Waals surface area (Å²) in [5.41, 5.74) is 1.13. The van der Waals surface area contributed by atoms with Crippen LogP contribution in [-0.4, -0.2) is 36.3 Å². The summed E-state index contributed by atoms with van der Waals surface area (Å²) in [5, 5.41) is 3.01. The molecule has 1 amide bonds. The lowest BCUT2D eigenvalue weighted by atomic mass is 9.93. The van der Waals surface area contributed by atoms with Crippen molar-refractivity contribution in [3.63, 3.8) is 0 Å². The van der Waals surface area contributed by atoms with E-state index in [1.165, 1.54) is 0 Å². The predicted molar refractivity (Wildman–Crippen MR) is 80.3 cm³/mol. The van der Waals surface area contributed by atoms with E-state index in [1.54, 1.807) is 0 Å². The molecule has 116 valence electrons. The van der Waals surface area contributed by atoms with Gasteiger partial charge in [0, 0.05) is 24.9 Å². The minimum atomic E-state index is -0.0265. The van der Waals surface area contributed by atoms with E-state index < -0.39 is 0 Å². The summed E-state index contributed by atoms with van der Waals surface area (Å²) in [6.45, 7) is 4.61. The summed E-state index contributed by atoms with van der Waals surface area (Å²) in [5.74, 6) is 0.658. The summed E-state index contributed by atoms with van der Waals surface area (Å²) >= 11 is 0. The van der Waals surface area contributed by atoms with Gasteiger partial charge >= 0.3 is 0 Å². The zero-order valence-corrected chi connectivity index (χ0v) is 12.8. The molecule has 1 aliphatic rings. The van der Waals surface area contributed by atoms with Gasteiger partial charge in [0.15, 0.2) is 0 Å². The lowest BCUT2D eigenvalue weighted by molar-refractivity contribution is -0.126. The molecule has 1 saturated carbocycles. The number of hydrogen-bond acceptors (Lipinski definition) is 4. The number of aryl methyl sites for hydroxylation is 1. The summed E-state index contributed by atoms with van der Waals surface area (Å²) in [7, 11) is 0. The van der Waals surface area contributed by atoms with Gasteiger partial charge in [-0.25, -0.2) is 4.98 Å². The van der Waals surface area contributed by atoms with Crippen molar-refractivity contribution in [3.8, 4) is 5.88 Å². The quantitative estimate of drug-likeness (QED) is 0.873. The Labute approximate surface area is 126 Å². The number of rotatable bonds is 6. The number of ether oxygens (including phenoxy) is 2. The maximum Gasteiger partial charge on any atom is 0.246 e. The molecule has 21 heavy (non-hydrogen) atoms. The van der Waals surface area contributed by atoms with E-state index in [1.807, 2.05) is 32.2 Å². The molecule has 5 heteroatoms. The van der Waals surface area contributed by atoms with Gasteiger partial charge in [0.2, 0.25) is 11.8 Å². The monoisotopic (exact) mass is 292 g/mol. The van der Waals surface area contributed by atoms with Crippen LogP contribution in [0.4, 0.5) is 0 Å². The van der Waals surface area contributed by atoms with Gasteiger partial charge in [0.1, 0.15) is 12.7 Å². The smallest absolute Gasteiger partial charge is 0.246 e. The van der Waals surface area contributed by atoms with Crippen molar-refractivity contribution in [2.75, 3.05) is 13.2 Å². The molecule has 1 aromatic heterocycles. The fourth-order valence-electron chi connectivity index (χ4n) is 2.48. The molecule has 0 spiro atoms. The first-order chi connectivity index (χ1) is 10.2. The fraction of sp³-hybridized carbons (Fsp3) is 0.625. The van der Waals surface area contributed by atoms with Crippen LogP contribution in [-0.2, 0) is 9.53 Å². The summed E-state index contributed by atoms with van der Waals surface area (Å²) in [6.07, 6.45) is 5.77. The van der Waals surface area contributed by atoms with Crippen molar-refractivity contribution in [2.45, 2.75) is 51.7 Å². The highest BCUT2D eigenvalue weighted by Gasteiger charge is 2.23. The molecule has 1 fully saturated rings. The van der Waals surface area contributed by atoms with Gasteiger partial charge in [-0.1, -0.05) is 6.07 Å². The molecule has 1 aliphatic carbocycles. The minimum Gasteiger partial charge on any atom is -0.474 e. The van der Waals surface area contributed by atoms with E-state index >= 15 is 0 Å². The third kappa shape index (κ3) is 5.34. The zero-order chi connectivity index (χ0) is 15.1. The average Bonchev–Trinajstić information content (AvgIpc) is 2.49. The molecular weight excluding hydrogens is 268 g/mol. The Bertz CT molecular complexity index is 439. The van der Waals surface area contributed by atoms with Gasteiger partial charge in [-0.05, 0) is 45.1 Å². The Balaban J connectivity index is 1.70. The second kappa shape index (κ2) is 7.98. The number of carbonyl (C=O) groups excluding carboxylic acids is 1. The number of amides is 1. The van der Waals surface area contributed by atoms with E-state index in [0.29, 0.717) is 12.5 Å². The van der Waals surface area contributed by atoms with Crippen LogP contribution in [0.25, 0.3) is 0 Å². The van der Waals surface area contributed by atoms with E-state index in [2.05, 4.69) is 10.3 Å². The maximum absolute atomic E-state index is 11.6. The second-order valence-corrected chi connectivity index (χ2v) is 5.47. The van der Waals surface area contributed by atoms with Gasteiger partial charge in [-0.3, -0.25) is 4.79 Å².